The minimum absolute atomic E-state index is 0.624. The molecule has 1 aromatic heterocycles. The lowest BCUT2D eigenvalue weighted by Gasteiger charge is -2.12. The van der Waals surface area contributed by atoms with Crippen molar-refractivity contribution in [2.75, 3.05) is 37.8 Å². The van der Waals surface area contributed by atoms with E-state index in [0.717, 1.165) is 36.7 Å². The van der Waals surface area contributed by atoms with Crippen LogP contribution in [0.5, 0.6) is 0 Å². The highest BCUT2D eigenvalue weighted by atomic mass is 15.1. The number of aryl methyl sites for hydroxylation is 2. The van der Waals surface area contributed by atoms with Crippen molar-refractivity contribution in [3.8, 4) is 0 Å². The van der Waals surface area contributed by atoms with Gasteiger partial charge in [0.05, 0.1) is 0 Å². The molecule has 0 fully saturated rings. The zero-order valence-corrected chi connectivity index (χ0v) is 13.8. The summed E-state index contributed by atoms with van der Waals surface area (Å²) < 4.78 is 0. The van der Waals surface area contributed by atoms with E-state index in [2.05, 4.69) is 58.7 Å². The molecular weight excluding hydrogens is 274 g/mol. The van der Waals surface area contributed by atoms with Crippen molar-refractivity contribution in [1.82, 2.24) is 14.9 Å². The summed E-state index contributed by atoms with van der Waals surface area (Å²) in [6.45, 7) is 6.01. The second kappa shape index (κ2) is 7.75. The third-order valence-corrected chi connectivity index (χ3v) is 3.25. The van der Waals surface area contributed by atoms with Crippen LogP contribution in [0.2, 0.25) is 0 Å². The first kappa shape index (κ1) is 16.2. The minimum Gasteiger partial charge on any atom is -0.370 e. The summed E-state index contributed by atoms with van der Waals surface area (Å²) in [4.78, 5) is 11.1. The Balaban J connectivity index is 1.98. The molecule has 0 saturated carbocycles. The Labute approximate surface area is 132 Å². The molecule has 118 valence electrons. The second-order valence-corrected chi connectivity index (χ2v) is 5.79. The SMILES string of the molecule is Cc1ccc(Nc2nc(C)cc(NCCCN(C)C)n2)cc1. The summed E-state index contributed by atoms with van der Waals surface area (Å²) in [6.07, 6.45) is 1.08. The second-order valence-electron chi connectivity index (χ2n) is 5.79. The number of rotatable bonds is 7. The van der Waals surface area contributed by atoms with Crippen LogP contribution in [0.15, 0.2) is 30.3 Å². The van der Waals surface area contributed by atoms with Gasteiger partial charge in [-0.05, 0) is 53.0 Å². The van der Waals surface area contributed by atoms with E-state index < -0.39 is 0 Å². The monoisotopic (exact) mass is 299 g/mol. The lowest BCUT2D eigenvalue weighted by molar-refractivity contribution is 0.405. The number of hydrogen-bond acceptors (Lipinski definition) is 5. The molecular formula is C17H25N5. The molecule has 1 heterocycles. The smallest absolute Gasteiger partial charge is 0.229 e. The van der Waals surface area contributed by atoms with Crippen molar-refractivity contribution >= 4 is 17.5 Å². The molecule has 0 bridgehead atoms. The van der Waals surface area contributed by atoms with Gasteiger partial charge in [-0.25, -0.2) is 4.98 Å². The van der Waals surface area contributed by atoms with Crippen LogP contribution >= 0.6 is 0 Å². The third kappa shape index (κ3) is 5.33. The Kier molecular flexibility index (Phi) is 5.72. The first-order valence-corrected chi connectivity index (χ1v) is 7.61. The molecule has 2 aromatic rings. The van der Waals surface area contributed by atoms with E-state index in [1.54, 1.807) is 0 Å². The zero-order valence-electron chi connectivity index (χ0n) is 13.8. The molecule has 2 N–H and O–H groups in total. The van der Waals surface area contributed by atoms with Gasteiger partial charge >= 0.3 is 0 Å². The van der Waals surface area contributed by atoms with Crippen molar-refractivity contribution in [2.45, 2.75) is 20.3 Å². The van der Waals surface area contributed by atoms with Crippen LogP contribution in [0.3, 0.4) is 0 Å². The molecule has 0 unspecified atom stereocenters. The highest BCUT2D eigenvalue weighted by molar-refractivity contribution is 5.55. The van der Waals surface area contributed by atoms with Gasteiger partial charge < -0.3 is 15.5 Å². The lowest BCUT2D eigenvalue weighted by atomic mass is 10.2. The van der Waals surface area contributed by atoms with E-state index in [1.165, 1.54) is 5.56 Å². The number of aromatic nitrogens is 2. The van der Waals surface area contributed by atoms with Gasteiger partial charge in [-0.2, -0.15) is 4.98 Å². The van der Waals surface area contributed by atoms with Gasteiger partial charge in [0.25, 0.3) is 0 Å². The maximum absolute atomic E-state index is 4.52. The molecule has 5 heteroatoms. The number of hydrogen-bond donors (Lipinski definition) is 2. The maximum Gasteiger partial charge on any atom is 0.229 e. The molecule has 0 spiro atoms. The standard InChI is InChI=1S/C17H25N5/c1-13-6-8-15(9-7-13)20-17-19-14(2)12-16(21-17)18-10-5-11-22(3)4/h6-9,12H,5,10-11H2,1-4H3,(H2,18,19,20,21). The van der Waals surface area contributed by atoms with E-state index in [1.807, 2.05) is 25.1 Å². The summed E-state index contributed by atoms with van der Waals surface area (Å²) in [5, 5.41) is 6.61. The van der Waals surface area contributed by atoms with Crippen LogP contribution in [-0.2, 0) is 0 Å². The van der Waals surface area contributed by atoms with Gasteiger partial charge in [-0.3, -0.25) is 0 Å². The Bertz CT molecular complexity index is 592. The Morgan fingerprint density at radius 3 is 2.45 bits per heavy atom. The van der Waals surface area contributed by atoms with E-state index in [-0.39, 0.29) is 0 Å². The quantitative estimate of drug-likeness (QED) is 0.769. The normalized spacial score (nSPS) is 10.8. The molecule has 0 amide bonds. The van der Waals surface area contributed by atoms with Crippen molar-refractivity contribution in [2.24, 2.45) is 0 Å². The topological polar surface area (TPSA) is 53.1 Å². The summed E-state index contributed by atoms with van der Waals surface area (Å²) >= 11 is 0. The largest absolute Gasteiger partial charge is 0.370 e. The highest BCUT2D eigenvalue weighted by Gasteiger charge is 2.03. The molecule has 0 atom stereocenters. The van der Waals surface area contributed by atoms with E-state index in [4.69, 9.17) is 0 Å². The minimum atomic E-state index is 0.624. The Morgan fingerprint density at radius 2 is 1.77 bits per heavy atom. The van der Waals surface area contributed by atoms with Gasteiger partial charge in [0.2, 0.25) is 5.95 Å². The fraction of sp³-hybridized carbons (Fsp3) is 0.412. The molecule has 0 aliphatic heterocycles. The number of anilines is 3. The number of nitrogens with zero attached hydrogens (tertiary/aromatic N) is 3. The van der Waals surface area contributed by atoms with Crippen LogP contribution in [0, 0.1) is 13.8 Å². The van der Waals surface area contributed by atoms with Crippen LogP contribution < -0.4 is 10.6 Å². The molecule has 2 rings (SSSR count). The van der Waals surface area contributed by atoms with Crippen molar-refractivity contribution < 1.29 is 0 Å². The van der Waals surface area contributed by atoms with Crippen LogP contribution in [0.1, 0.15) is 17.7 Å². The number of benzene rings is 1. The first-order chi connectivity index (χ1) is 10.5. The average Bonchev–Trinajstić information content (AvgIpc) is 2.45. The predicted octanol–water partition coefficient (Wildman–Crippen LogP) is 3.20. The molecule has 0 saturated heterocycles. The average molecular weight is 299 g/mol. The van der Waals surface area contributed by atoms with Crippen molar-refractivity contribution in [3.05, 3.63) is 41.6 Å². The van der Waals surface area contributed by atoms with E-state index >= 15 is 0 Å². The molecule has 22 heavy (non-hydrogen) atoms. The summed E-state index contributed by atoms with van der Waals surface area (Å²) in [7, 11) is 4.16. The van der Waals surface area contributed by atoms with E-state index in [9.17, 15) is 0 Å². The lowest BCUT2D eigenvalue weighted by Crippen LogP contribution is -2.16. The van der Waals surface area contributed by atoms with Crippen LogP contribution in [-0.4, -0.2) is 42.1 Å². The van der Waals surface area contributed by atoms with Gasteiger partial charge in [0.15, 0.2) is 0 Å². The van der Waals surface area contributed by atoms with Gasteiger partial charge in [0, 0.05) is 24.0 Å². The van der Waals surface area contributed by atoms with Crippen molar-refractivity contribution in [1.29, 1.82) is 0 Å². The van der Waals surface area contributed by atoms with E-state index in [0.29, 0.717) is 5.95 Å². The zero-order chi connectivity index (χ0) is 15.9. The maximum atomic E-state index is 4.52. The highest BCUT2D eigenvalue weighted by Crippen LogP contribution is 2.16. The summed E-state index contributed by atoms with van der Waals surface area (Å²) in [5.74, 6) is 1.49. The molecule has 1 aromatic carbocycles. The van der Waals surface area contributed by atoms with Crippen molar-refractivity contribution in [3.63, 3.8) is 0 Å². The molecule has 0 aliphatic rings. The van der Waals surface area contributed by atoms with Gasteiger partial charge in [-0.1, -0.05) is 17.7 Å². The summed E-state index contributed by atoms with van der Waals surface area (Å²) in [5.41, 5.74) is 3.17. The van der Waals surface area contributed by atoms with Crippen LogP contribution in [0.4, 0.5) is 17.5 Å². The number of nitrogens with one attached hydrogen (secondary N) is 2. The molecule has 0 aliphatic carbocycles. The van der Waals surface area contributed by atoms with Gasteiger partial charge in [-0.15, -0.1) is 0 Å². The summed E-state index contributed by atoms with van der Waals surface area (Å²) in [6, 6.07) is 10.2. The Morgan fingerprint density at radius 1 is 1.05 bits per heavy atom. The Hall–Kier alpha value is -2.14. The third-order valence-electron chi connectivity index (χ3n) is 3.25. The molecule has 0 radical (unpaired) electrons. The van der Waals surface area contributed by atoms with Gasteiger partial charge in [0.1, 0.15) is 5.82 Å². The first-order valence-electron chi connectivity index (χ1n) is 7.61. The fourth-order valence-electron chi connectivity index (χ4n) is 2.09. The molecule has 5 nitrogen and oxygen atoms in total. The van der Waals surface area contributed by atoms with Crippen LogP contribution in [0.25, 0.3) is 0 Å². The predicted molar refractivity (Wildman–Crippen MR) is 92.9 cm³/mol. The fourth-order valence-corrected chi connectivity index (χ4v) is 2.09.